The molecule has 1 N–H and O–H groups in total. The first-order valence-corrected chi connectivity index (χ1v) is 8.08. The van der Waals surface area contributed by atoms with Crippen LogP contribution in [0, 0.1) is 0 Å². The number of piperazine rings is 1. The zero-order chi connectivity index (χ0) is 15.2. The third-order valence-corrected chi connectivity index (χ3v) is 4.26. The van der Waals surface area contributed by atoms with Crippen molar-refractivity contribution in [3.63, 3.8) is 0 Å². The van der Waals surface area contributed by atoms with E-state index in [4.69, 9.17) is 4.74 Å². The predicted molar refractivity (Wildman–Crippen MR) is 84.9 cm³/mol. The molecule has 0 saturated carbocycles. The van der Waals surface area contributed by atoms with Gasteiger partial charge in [0.05, 0.1) is 12.6 Å². The molecule has 2 saturated heterocycles. The number of rotatable bonds is 5. The van der Waals surface area contributed by atoms with Crippen LogP contribution in [0.25, 0.3) is 0 Å². The van der Waals surface area contributed by atoms with Crippen LogP contribution in [0.2, 0.25) is 0 Å². The first kappa shape index (κ1) is 15.2. The van der Waals surface area contributed by atoms with Gasteiger partial charge in [-0.15, -0.1) is 0 Å². The summed E-state index contributed by atoms with van der Waals surface area (Å²) in [5, 5.41) is 2.98. The van der Waals surface area contributed by atoms with E-state index in [1.165, 1.54) is 0 Å². The Labute approximate surface area is 131 Å². The Morgan fingerprint density at radius 1 is 1.32 bits per heavy atom. The van der Waals surface area contributed by atoms with Crippen molar-refractivity contribution < 1.29 is 9.53 Å². The number of pyridine rings is 1. The first-order chi connectivity index (χ1) is 10.8. The van der Waals surface area contributed by atoms with Gasteiger partial charge < -0.3 is 15.0 Å². The van der Waals surface area contributed by atoms with E-state index in [-0.39, 0.29) is 12.0 Å². The van der Waals surface area contributed by atoms with E-state index in [0.717, 1.165) is 51.4 Å². The van der Waals surface area contributed by atoms with E-state index in [2.05, 4.69) is 20.1 Å². The molecule has 1 atom stereocenters. The van der Waals surface area contributed by atoms with Crippen molar-refractivity contribution in [2.45, 2.75) is 18.9 Å². The lowest BCUT2D eigenvalue weighted by Gasteiger charge is -2.35. The van der Waals surface area contributed by atoms with Gasteiger partial charge in [0.15, 0.2) is 0 Å². The van der Waals surface area contributed by atoms with E-state index >= 15 is 0 Å². The number of aromatic nitrogens is 1. The van der Waals surface area contributed by atoms with Gasteiger partial charge in [0.2, 0.25) is 5.91 Å². The molecule has 1 aromatic rings. The minimum absolute atomic E-state index is 0.0989. The minimum Gasteiger partial charge on any atom is -0.376 e. The lowest BCUT2D eigenvalue weighted by Crippen LogP contribution is -2.50. The number of hydrogen-bond acceptors (Lipinski definition) is 5. The molecule has 0 radical (unpaired) electrons. The lowest BCUT2D eigenvalue weighted by atomic mass is 10.2. The molecule has 22 heavy (non-hydrogen) atoms. The molecule has 0 unspecified atom stereocenters. The topological polar surface area (TPSA) is 57.7 Å². The van der Waals surface area contributed by atoms with Gasteiger partial charge in [-0.1, -0.05) is 6.07 Å². The fourth-order valence-corrected chi connectivity index (χ4v) is 2.97. The Hall–Kier alpha value is -1.66. The summed E-state index contributed by atoms with van der Waals surface area (Å²) in [6.07, 6.45) is 4.20. The third kappa shape index (κ3) is 4.18. The standard InChI is InChI=1S/C16H24N4O2/c21-16(18-12-14-4-3-11-22-14)13-19-7-9-20(10-8-19)15-5-1-2-6-17-15/h1-2,5-6,14H,3-4,7-13H2,(H,18,21)/t14-/m1/s1. The second-order valence-corrected chi connectivity index (χ2v) is 5.89. The second kappa shape index (κ2) is 7.56. The van der Waals surface area contributed by atoms with Crippen molar-refractivity contribution in [2.75, 3.05) is 50.8 Å². The van der Waals surface area contributed by atoms with Crippen LogP contribution in [-0.4, -0.2) is 67.8 Å². The molecule has 0 aliphatic carbocycles. The SMILES string of the molecule is O=C(CN1CCN(c2ccccn2)CC1)NC[C@H]1CCCO1. The van der Waals surface area contributed by atoms with Crippen molar-refractivity contribution in [2.24, 2.45) is 0 Å². The number of nitrogens with one attached hydrogen (secondary N) is 1. The number of amides is 1. The zero-order valence-corrected chi connectivity index (χ0v) is 12.9. The molecule has 0 bridgehead atoms. The van der Waals surface area contributed by atoms with Crippen LogP contribution >= 0.6 is 0 Å². The van der Waals surface area contributed by atoms with Crippen molar-refractivity contribution >= 4 is 11.7 Å². The van der Waals surface area contributed by atoms with Gasteiger partial charge in [0, 0.05) is 45.5 Å². The maximum absolute atomic E-state index is 12.0. The maximum Gasteiger partial charge on any atom is 0.234 e. The highest BCUT2D eigenvalue weighted by Crippen LogP contribution is 2.12. The highest BCUT2D eigenvalue weighted by molar-refractivity contribution is 5.78. The van der Waals surface area contributed by atoms with Crippen LogP contribution in [0.1, 0.15) is 12.8 Å². The number of carbonyl (C=O) groups is 1. The molecule has 1 aromatic heterocycles. The van der Waals surface area contributed by atoms with Crippen LogP contribution in [0.5, 0.6) is 0 Å². The molecule has 1 amide bonds. The Bertz CT molecular complexity index is 468. The van der Waals surface area contributed by atoms with E-state index in [1.807, 2.05) is 24.4 Å². The van der Waals surface area contributed by atoms with E-state index < -0.39 is 0 Å². The molecule has 3 heterocycles. The average Bonchev–Trinajstić information content (AvgIpc) is 3.08. The zero-order valence-electron chi connectivity index (χ0n) is 12.9. The number of carbonyl (C=O) groups excluding carboxylic acids is 1. The fourth-order valence-electron chi connectivity index (χ4n) is 2.97. The van der Waals surface area contributed by atoms with Gasteiger partial charge in [-0.05, 0) is 25.0 Å². The molecule has 6 nitrogen and oxygen atoms in total. The second-order valence-electron chi connectivity index (χ2n) is 5.89. The largest absolute Gasteiger partial charge is 0.376 e. The summed E-state index contributed by atoms with van der Waals surface area (Å²) in [4.78, 5) is 20.8. The molecule has 120 valence electrons. The van der Waals surface area contributed by atoms with Crippen LogP contribution < -0.4 is 10.2 Å². The highest BCUT2D eigenvalue weighted by Gasteiger charge is 2.21. The summed E-state index contributed by atoms with van der Waals surface area (Å²) < 4.78 is 5.51. The Kier molecular flexibility index (Phi) is 5.24. The van der Waals surface area contributed by atoms with Gasteiger partial charge in [-0.3, -0.25) is 9.69 Å². The molecule has 2 aliphatic heterocycles. The molecular weight excluding hydrogens is 280 g/mol. The van der Waals surface area contributed by atoms with E-state index in [0.29, 0.717) is 13.1 Å². The van der Waals surface area contributed by atoms with Crippen molar-refractivity contribution in [1.29, 1.82) is 0 Å². The Balaban J connectivity index is 1.37. The van der Waals surface area contributed by atoms with Crippen LogP contribution in [-0.2, 0) is 9.53 Å². The van der Waals surface area contributed by atoms with E-state index in [9.17, 15) is 4.79 Å². The van der Waals surface area contributed by atoms with Gasteiger partial charge in [0.25, 0.3) is 0 Å². The fraction of sp³-hybridized carbons (Fsp3) is 0.625. The summed E-state index contributed by atoms with van der Waals surface area (Å²) in [7, 11) is 0. The smallest absolute Gasteiger partial charge is 0.234 e. The summed E-state index contributed by atoms with van der Waals surface area (Å²) in [6.45, 7) is 5.56. The maximum atomic E-state index is 12.0. The van der Waals surface area contributed by atoms with Gasteiger partial charge in [0.1, 0.15) is 5.82 Å². The Morgan fingerprint density at radius 2 is 2.18 bits per heavy atom. The lowest BCUT2D eigenvalue weighted by molar-refractivity contribution is -0.122. The van der Waals surface area contributed by atoms with Crippen LogP contribution in [0.3, 0.4) is 0 Å². The number of hydrogen-bond donors (Lipinski definition) is 1. The van der Waals surface area contributed by atoms with Crippen molar-refractivity contribution in [3.8, 4) is 0 Å². The van der Waals surface area contributed by atoms with Crippen LogP contribution in [0.15, 0.2) is 24.4 Å². The quantitative estimate of drug-likeness (QED) is 0.858. The normalized spacial score (nSPS) is 22.7. The summed E-state index contributed by atoms with van der Waals surface area (Å²) in [6, 6.07) is 5.97. The number of anilines is 1. The van der Waals surface area contributed by atoms with Gasteiger partial charge in [-0.2, -0.15) is 0 Å². The van der Waals surface area contributed by atoms with Gasteiger partial charge >= 0.3 is 0 Å². The first-order valence-electron chi connectivity index (χ1n) is 8.08. The molecule has 0 spiro atoms. The third-order valence-electron chi connectivity index (χ3n) is 4.26. The van der Waals surface area contributed by atoms with E-state index in [1.54, 1.807) is 0 Å². The highest BCUT2D eigenvalue weighted by atomic mass is 16.5. The Morgan fingerprint density at radius 3 is 2.86 bits per heavy atom. The summed E-state index contributed by atoms with van der Waals surface area (Å²) in [5.41, 5.74) is 0. The monoisotopic (exact) mass is 304 g/mol. The number of ether oxygens (including phenoxy) is 1. The molecule has 2 aliphatic rings. The van der Waals surface area contributed by atoms with Gasteiger partial charge in [-0.25, -0.2) is 4.98 Å². The van der Waals surface area contributed by atoms with Crippen molar-refractivity contribution in [1.82, 2.24) is 15.2 Å². The molecule has 2 fully saturated rings. The number of nitrogens with zero attached hydrogens (tertiary/aromatic N) is 3. The molecule has 0 aromatic carbocycles. The molecule has 3 rings (SSSR count). The molecular formula is C16H24N4O2. The average molecular weight is 304 g/mol. The minimum atomic E-state index is 0.0989. The predicted octanol–water partition coefficient (Wildman–Crippen LogP) is 0.499. The molecule has 6 heteroatoms. The van der Waals surface area contributed by atoms with Crippen molar-refractivity contribution in [3.05, 3.63) is 24.4 Å². The summed E-state index contributed by atoms with van der Waals surface area (Å²) in [5.74, 6) is 1.12. The van der Waals surface area contributed by atoms with Crippen LogP contribution in [0.4, 0.5) is 5.82 Å². The summed E-state index contributed by atoms with van der Waals surface area (Å²) >= 11 is 0.